The molecule has 2 heterocycles. The van der Waals surface area contributed by atoms with Gasteiger partial charge in [-0.1, -0.05) is 13.0 Å². The molecule has 0 bridgehead atoms. The number of hydrogen-bond donors (Lipinski definition) is 1. The smallest absolute Gasteiger partial charge is 0.166 e. The highest BCUT2D eigenvalue weighted by Gasteiger charge is 2.42. The average molecular weight is 363 g/mol. The molecule has 3 rings (SSSR count). The molecule has 2 aromatic heterocycles. The first-order valence-corrected chi connectivity index (χ1v) is 7.80. The Bertz CT molecular complexity index is 919. The Balaban J connectivity index is 2.15. The number of aliphatic hydroxyl groups is 1. The van der Waals surface area contributed by atoms with Crippen molar-refractivity contribution in [3.05, 3.63) is 71.6 Å². The molecule has 2 atom stereocenters. The molecule has 1 N–H and O–H groups in total. The van der Waals surface area contributed by atoms with Gasteiger partial charge in [0.05, 0.1) is 17.9 Å². The van der Waals surface area contributed by atoms with Gasteiger partial charge in [-0.3, -0.25) is 0 Å². The first-order valence-electron chi connectivity index (χ1n) is 7.80. The zero-order valence-corrected chi connectivity index (χ0v) is 14.1. The lowest BCUT2D eigenvalue weighted by atomic mass is 9.79. The number of rotatable bonds is 5. The van der Waals surface area contributed by atoms with E-state index in [1.165, 1.54) is 37.5 Å². The van der Waals surface area contributed by atoms with Crippen LogP contribution in [0.4, 0.5) is 13.2 Å². The van der Waals surface area contributed by atoms with Gasteiger partial charge in [0.25, 0.3) is 0 Å². The van der Waals surface area contributed by atoms with Crippen molar-refractivity contribution >= 4 is 0 Å². The second-order valence-electron chi connectivity index (χ2n) is 6.02. The number of benzene rings is 1. The number of halogens is 3. The molecule has 9 heteroatoms. The van der Waals surface area contributed by atoms with Gasteiger partial charge in [-0.05, 0) is 13.0 Å². The summed E-state index contributed by atoms with van der Waals surface area (Å²) in [6, 6.07) is 2.82. The van der Waals surface area contributed by atoms with Gasteiger partial charge in [0.15, 0.2) is 5.82 Å². The van der Waals surface area contributed by atoms with Crippen molar-refractivity contribution in [1.82, 2.24) is 24.7 Å². The van der Waals surface area contributed by atoms with Crippen molar-refractivity contribution in [3.63, 3.8) is 0 Å². The Morgan fingerprint density at radius 2 is 1.96 bits per heavy atom. The lowest BCUT2D eigenvalue weighted by molar-refractivity contribution is -0.0134. The summed E-state index contributed by atoms with van der Waals surface area (Å²) >= 11 is 0. The van der Waals surface area contributed by atoms with Crippen LogP contribution in [0.25, 0.3) is 0 Å². The van der Waals surface area contributed by atoms with Gasteiger partial charge < -0.3 is 5.11 Å². The fourth-order valence-corrected chi connectivity index (χ4v) is 2.86. The van der Waals surface area contributed by atoms with E-state index in [2.05, 4.69) is 20.1 Å². The van der Waals surface area contributed by atoms with Crippen molar-refractivity contribution in [2.75, 3.05) is 0 Å². The lowest BCUT2D eigenvalue weighted by Gasteiger charge is -2.34. The van der Waals surface area contributed by atoms with E-state index in [0.717, 1.165) is 12.1 Å². The number of nitrogens with zero attached hydrogens (tertiary/aromatic N) is 5. The maximum absolute atomic E-state index is 14.5. The average Bonchev–Trinajstić information content (AvgIpc) is 3.09. The Hall–Kier alpha value is -2.81. The molecule has 136 valence electrons. The van der Waals surface area contributed by atoms with Crippen molar-refractivity contribution < 1.29 is 18.3 Å². The Morgan fingerprint density at radius 1 is 1.19 bits per heavy atom. The van der Waals surface area contributed by atoms with E-state index in [4.69, 9.17) is 0 Å². The zero-order chi connectivity index (χ0) is 18.9. The summed E-state index contributed by atoms with van der Waals surface area (Å²) in [6.45, 7) is 2.73. The molecule has 0 aliphatic heterocycles. The first-order chi connectivity index (χ1) is 12.3. The second-order valence-corrected chi connectivity index (χ2v) is 6.02. The van der Waals surface area contributed by atoms with E-state index in [1.54, 1.807) is 0 Å². The molecule has 0 unspecified atom stereocenters. The van der Waals surface area contributed by atoms with Crippen LogP contribution in [0.15, 0.2) is 37.2 Å². The second kappa shape index (κ2) is 6.83. The van der Waals surface area contributed by atoms with Crippen LogP contribution in [0.1, 0.15) is 29.8 Å². The summed E-state index contributed by atoms with van der Waals surface area (Å²) in [5.41, 5.74) is -2.14. The van der Waals surface area contributed by atoms with Gasteiger partial charge in [0.1, 0.15) is 36.2 Å². The third-order valence-electron chi connectivity index (χ3n) is 4.38. The van der Waals surface area contributed by atoms with Crippen molar-refractivity contribution in [2.45, 2.75) is 31.9 Å². The third kappa shape index (κ3) is 3.17. The van der Waals surface area contributed by atoms with E-state index in [9.17, 15) is 18.3 Å². The summed E-state index contributed by atoms with van der Waals surface area (Å²) < 4.78 is 43.6. The lowest BCUT2D eigenvalue weighted by Crippen LogP contribution is -2.39. The molecule has 26 heavy (non-hydrogen) atoms. The number of aromatic nitrogens is 5. The Morgan fingerprint density at radius 3 is 2.62 bits per heavy atom. The Kier molecular flexibility index (Phi) is 4.73. The van der Waals surface area contributed by atoms with Gasteiger partial charge in [0, 0.05) is 17.5 Å². The van der Waals surface area contributed by atoms with E-state index in [1.807, 2.05) is 0 Å². The summed E-state index contributed by atoms with van der Waals surface area (Å²) in [6.07, 6.45) is 3.75. The molecule has 0 aliphatic rings. The molecule has 0 aliphatic carbocycles. The molecular formula is C17H16F3N5O. The van der Waals surface area contributed by atoms with Crippen LogP contribution in [0.2, 0.25) is 0 Å². The standard InChI is InChI=1S/C17H16F3N5O/c1-10(16-15(20)11(2)22-8-23-16)17(26,6-25-9-21-7-24-25)13-4-3-12(18)5-14(13)19/h3-5,7-10,26H,6H2,1-2H3/t10-,17-/m1/s1. The molecule has 0 radical (unpaired) electrons. The zero-order valence-electron chi connectivity index (χ0n) is 14.1. The maximum Gasteiger partial charge on any atom is 0.166 e. The van der Waals surface area contributed by atoms with Crippen LogP contribution in [-0.4, -0.2) is 29.8 Å². The minimum atomic E-state index is -1.97. The molecule has 0 spiro atoms. The first kappa shape index (κ1) is 18.0. The van der Waals surface area contributed by atoms with E-state index >= 15 is 0 Å². The van der Waals surface area contributed by atoms with Crippen LogP contribution in [0.3, 0.4) is 0 Å². The highest BCUT2D eigenvalue weighted by molar-refractivity contribution is 5.30. The molecule has 0 amide bonds. The quantitative estimate of drug-likeness (QED) is 0.754. The predicted octanol–water partition coefficient (Wildman–Crippen LogP) is 2.49. The molecule has 0 saturated heterocycles. The van der Waals surface area contributed by atoms with Crippen LogP contribution in [-0.2, 0) is 12.1 Å². The number of hydrogen-bond acceptors (Lipinski definition) is 5. The summed E-state index contributed by atoms with van der Waals surface area (Å²) in [5.74, 6) is -3.43. The molecule has 1 aromatic carbocycles. The van der Waals surface area contributed by atoms with Crippen LogP contribution < -0.4 is 0 Å². The maximum atomic E-state index is 14.5. The van der Waals surface area contributed by atoms with Gasteiger partial charge in [-0.2, -0.15) is 5.10 Å². The normalized spacial score (nSPS) is 14.8. The minimum Gasteiger partial charge on any atom is -0.382 e. The van der Waals surface area contributed by atoms with Crippen LogP contribution in [0, 0.1) is 24.4 Å². The monoisotopic (exact) mass is 363 g/mol. The molecule has 0 fully saturated rings. The Labute approximate surface area is 147 Å². The van der Waals surface area contributed by atoms with E-state index in [0.29, 0.717) is 6.07 Å². The molecule has 6 nitrogen and oxygen atoms in total. The minimum absolute atomic E-state index is 0.0798. The van der Waals surface area contributed by atoms with Crippen molar-refractivity contribution in [1.29, 1.82) is 0 Å². The predicted molar refractivity (Wildman–Crippen MR) is 85.4 cm³/mol. The van der Waals surface area contributed by atoms with Gasteiger partial charge in [-0.15, -0.1) is 0 Å². The van der Waals surface area contributed by atoms with Gasteiger partial charge >= 0.3 is 0 Å². The van der Waals surface area contributed by atoms with Crippen molar-refractivity contribution in [2.24, 2.45) is 0 Å². The molecule has 0 saturated carbocycles. The SMILES string of the molecule is Cc1ncnc([C@@H](C)[C@](O)(Cn2cncn2)c2ccc(F)cc2F)c1F. The molecule has 3 aromatic rings. The van der Waals surface area contributed by atoms with E-state index in [-0.39, 0.29) is 23.5 Å². The van der Waals surface area contributed by atoms with Gasteiger partial charge in [-0.25, -0.2) is 32.8 Å². The summed E-state index contributed by atoms with van der Waals surface area (Å²) in [5, 5.41) is 15.3. The number of aryl methyl sites for hydroxylation is 1. The highest BCUT2D eigenvalue weighted by Crippen LogP contribution is 2.39. The third-order valence-corrected chi connectivity index (χ3v) is 4.38. The summed E-state index contributed by atoms with van der Waals surface area (Å²) in [7, 11) is 0. The van der Waals surface area contributed by atoms with Crippen LogP contribution >= 0.6 is 0 Å². The van der Waals surface area contributed by atoms with Crippen molar-refractivity contribution in [3.8, 4) is 0 Å². The fourth-order valence-electron chi connectivity index (χ4n) is 2.86. The van der Waals surface area contributed by atoms with Crippen LogP contribution in [0.5, 0.6) is 0 Å². The van der Waals surface area contributed by atoms with Gasteiger partial charge in [0.2, 0.25) is 0 Å². The largest absolute Gasteiger partial charge is 0.382 e. The highest BCUT2D eigenvalue weighted by atomic mass is 19.1. The summed E-state index contributed by atoms with van der Waals surface area (Å²) in [4.78, 5) is 11.5. The fraction of sp³-hybridized carbons (Fsp3) is 0.294. The molecular weight excluding hydrogens is 347 g/mol. The topological polar surface area (TPSA) is 76.7 Å². The van der Waals surface area contributed by atoms with E-state index < -0.39 is 29.0 Å².